The number of nitrogen functional groups attached to an aromatic ring is 1. The molecule has 8 heteroatoms. The summed E-state index contributed by atoms with van der Waals surface area (Å²) in [6.07, 6.45) is 1.65. The average molecular weight is 415 g/mol. The molecule has 128 valence electrons. The molecule has 4 rings (SSSR count). The second-order valence-corrected chi connectivity index (χ2v) is 7.65. The lowest BCUT2D eigenvalue weighted by molar-refractivity contribution is 0.418. The molecular weight excluding hydrogens is 404 g/mol. The SMILES string of the molecule is Nc1cc(Cl)c(C2(c3noc(-c4ccc(Cl)cc4Cl)n3)CC2)c(Cl)c1. The third kappa shape index (κ3) is 2.87. The van der Waals surface area contributed by atoms with Gasteiger partial charge in [-0.05, 0) is 43.2 Å². The van der Waals surface area contributed by atoms with Crippen molar-refractivity contribution in [2.75, 3.05) is 5.73 Å². The summed E-state index contributed by atoms with van der Waals surface area (Å²) in [5.74, 6) is 0.854. The summed E-state index contributed by atoms with van der Waals surface area (Å²) < 4.78 is 5.42. The first-order valence-corrected chi connectivity index (χ1v) is 8.96. The van der Waals surface area contributed by atoms with Gasteiger partial charge in [0.1, 0.15) is 0 Å². The van der Waals surface area contributed by atoms with Gasteiger partial charge in [0.2, 0.25) is 0 Å². The van der Waals surface area contributed by atoms with Crippen LogP contribution in [0.25, 0.3) is 11.5 Å². The van der Waals surface area contributed by atoms with Crippen molar-refractivity contribution in [3.05, 3.63) is 61.8 Å². The van der Waals surface area contributed by atoms with E-state index in [0.717, 1.165) is 18.4 Å². The van der Waals surface area contributed by atoms with Crippen LogP contribution in [0.2, 0.25) is 20.1 Å². The number of anilines is 1. The Bertz CT molecular complexity index is 959. The molecule has 4 nitrogen and oxygen atoms in total. The number of nitrogens with two attached hydrogens (primary N) is 1. The lowest BCUT2D eigenvalue weighted by Gasteiger charge is -2.15. The first-order chi connectivity index (χ1) is 11.9. The Balaban J connectivity index is 1.78. The van der Waals surface area contributed by atoms with E-state index < -0.39 is 5.41 Å². The summed E-state index contributed by atoms with van der Waals surface area (Å²) in [6.45, 7) is 0. The zero-order valence-electron chi connectivity index (χ0n) is 12.7. The van der Waals surface area contributed by atoms with Crippen molar-refractivity contribution in [2.24, 2.45) is 0 Å². The second kappa shape index (κ2) is 6.06. The first-order valence-electron chi connectivity index (χ1n) is 7.45. The molecule has 2 N–H and O–H groups in total. The van der Waals surface area contributed by atoms with Crippen molar-refractivity contribution in [1.82, 2.24) is 10.1 Å². The molecule has 0 saturated heterocycles. The Labute approximate surface area is 163 Å². The number of aromatic nitrogens is 2. The molecule has 0 amide bonds. The summed E-state index contributed by atoms with van der Waals surface area (Å²) in [6, 6.07) is 8.45. The van der Waals surface area contributed by atoms with Gasteiger partial charge in [-0.3, -0.25) is 0 Å². The highest BCUT2D eigenvalue weighted by molar-refractivity contribution is 6.37. The highest BCUT2D eigenvalue weighted by Gasteiger charge is 2.52. The highest BCUT2D eigenvalue weighted by atomic mass is 35.5. The molecule has 0 aliphatic heterocycles. The second-order valence-electron chi connectivity index (χ2n) is 5.99. The first kappa shape index (κ1) is 17.0. The van der Waals surface area contributed by atoms with Crippen molar-refractivity contribution < 1.29 is 4.52 Å². The number of benzene rings is 2. The lowest BCUT2D eigenvalue weighted by atomic mass is 9.94. The fraction of sp³-hybridized carbons (Fsp3) is 0.176. The van der Waals surface area contributed by atoms with Crippen molar-refractivity contribution >= 4 is 52.1 Å². The van der Waals surface area contributed by atoms with Crippen LogP contribution in [0.5, 0.6) is 0 Å². The van der Waals surface area contributed by atoms with Crippen LogP contribution < -0.4 is 5.73 Å². The molecule has 0 atom stereocenters. The van der Waals surface area contributed by atoms with Gasteiger partial charge in [0.05, 0.1) is 16.0 Å². The van der Waals surface area contributed by atoms with E-state index in [1.165, 1.54) is 0 Å². The standard InChI is InChI=1S/C17H11Cl4N3O/c18-8-1-2-10(11(19)5-8)15-23-16(24-25-15)17(3-4-17)14-12(20)6-9(22)7-13(14)21/h1-2,5-7H,3-4,22H2. The van der Waals surface area contributed by atoms with Crippen molar-refractivity contribution in [3.63, 3.8) is 0 Å². The van der Waals surface area contributed by atoms with Gasteiger partial charge in [-0.1, -0.05) is 51.6 Å². The summed E-state index contributed by atoms with van der Waals surface area (Å²) in [5, 5.41) is 6.12. The monoisotopic (exact) mass is 413 g/mol. The molecule has 1 heterocycles. The van der Waals surface area contributed by atoms with Crippen LogP contribution in [-0.2, 0) is 5.41 Å². The Hall–Kier alpha value is -1.46. The predicted molar refractivity (Wildman–Crippen MR) is 101 cm³/mol. The molecule has 1 aromatic heterocycles. The van der Waals surface area contributed by atoms with Gasteiger partial charge in [0, 0.05) is 26.3 Å². The minimum atomic E-state index is -0.456. The van der Waals surface area contributed by atoms with E-state index in [1.807, 2.05) is 0 Å². The van der Waals surface area contributed by atoms with Crippen LogP contribution in [0.15, 0.2) is 34.9 Å². The third-order valence-corrected chi connectivity index (χ3v) is 5.45. The maximum absolute atomic E-state index is 6.39. The van der Waals surface area contributed by atoms with Crippen LogP contribution in [-0.4, -0.2) is 10.1 Å². The number of halogens is 4. The quantitative estimate of drug-likeness (QED) is 0.532. The summed E-state index contributed by atoms with van der Waals surface area (Å²) >= 11 is 24.9. The molecule has 2 aromatic carbocycles. The van der Waals surface area contributed by atoms with Gasteiger partial charge in [0.15, 0.2) is 5.82 Å². The lowest BCUT2D eigenvalue weighted by Crippen LogP contribution is -2.12. The third-order valence-electron chi connectivity index (χ3n) is 4.31. The Morgan fingerprint density at radius 2 is 1.64 bits per heavy atom. The minimum Gasteiger partial charge on any atom is -0.399 e. The van der Waals surface area contributed by atoms with Gasteiger partial charge < -0.3 is 10.3 Å². The molecule has 1 saturated carbocycles. The van der Waals surface area contributed by atoms with E-state index in [-0.39, 0.29) is 0 Å². The van der Waals surface area contributed by atoms with Crippen LogP contribution in [0.1, 0.15) is 24.2 Å². The van der Waals surface area contributed by atoms with E-state index in [0.29, 0.717) is 43.1 Å². The molecule has 0 unspecified atom stereocenters. The normalized spacial score (nSPS) is 15.4. The Morgan fingerprint density at radius 3 is 2.24 bits per heavy atom. The van der Waals surface area contributed by atoms with Crippen LogP contribution in [0, 0.1) is 0 Å². The number of nitrogens with zero attached hydrogens (tertiary/aromatic N) is 2. The maximum Gasteiger partial charge on any atom is 0.259 e. The number of hydrogen-bond acceptors (Lipinski definition) is 4. The van der Waals surface area contributed by atoms with Gasteiger partial charge in [0.25, 0.3) is 5.89 Å². The van der Waals surface area contributed by atoms with Gasteiger partial charge in [-0.15, -0.1) is 0 Å². The molecule has 0 spiro atoms. The van der Waals surface area contributed by atoms with E-state index in [4.69, 9.17) is 56.7 Å². The molecule has 1 aliphatic rings. The fourth-order valence-corrected chi connectivity index (χ4v) is 4.31. The van der Waals surface area contributed by atoms with Crippen molar-refractivity contribution in [1.29, 1.82) is 0 Å². The topological polar surface area (TPSA) is 64.9 Å². The van der Waals surface area contributed by atoms with Gasteiger partial charge in [-0.2, -0.15) is 4.98 Å². The molecular formula is C17H11Cl4N3O. The van der Waals surface area contributed by atoms with E-state index in [2.05, 4.69) is 10.1 Å². The molecule has 25 heavy (non-hydrogen) atoms. The van der Waals surface area contributed by atoms with Crippen molar-refractivity contribution in [3.8, 4) is 11.5 Å². The minimum absolute atomic E-state index is 0.325. The summed E-state index contributed by atoms with van der Waals surface area (Å²) in [5.41, 5.74) is 7.25. The largest absolute Gasteiger partial charge is 0.399 e. The number of hydrogen-bond donors (Lipinski definition) is 1. The smallest absolute Gasteiger partial charge is 0.259 e. The summed E-state index contributed by atoms with van der Waals surface area (Å²) in [4.78, 5) is 4.53. The highest BCUT2D eigenvalue weighted by Crippen LogP contribution is 2.56. The van der Waals surface area contributed by atoms with Crippen LogP contribution >= 0.6 is 46.4 Å². The van der Waals surface area contributed by atoms with E-state index in [9.17, 15) is 0 Å². The molecule has 0 radical (unpaired) electrons. The van der Waals surface area contributed by atoms with E-state index in [1.54, 1.807) is 30.3 Å². The fourth-order valence-electron chi connectivity index (χ4n) is 2.95. The van der Waals surface area contributed by atoms with Gasteiger partial charge in [-0.25, -0.2) is 0 Å². The average Bonchev–Trinajstić information content (AvgIpc) is 3.15. The van der Waals surface area contributed by atoms with Crippen molar-refractivity contribution in [2.45, 2.75) is 18.3 Å². The molecule has 0 bridgehead atoms. The Morgan fingerprint density at radius 1 is 0.960 bits per heavy atom. The zero-order chi connectivity index (χ0) is 17.8. The predicted octanol–water partition coefficient (Wildman–Crippen LogP) is 6.01. The van der Waals surface area contributed by atoms with E-state index >= 15 is 0 Å². The zero-order valence-corrected chi connectivity index (χ0v) is 15.7. The van der Waals surface area contributed by atoms with Crippen LogP contribution in [0.3, 0.4) is 0 Å². The Kier molecular flexibility index (Phi) is 4.12. The van der Waals surface area contributed by atoms with Gasteiger partial charge >= 0.3 is 0 Å². The molecule has 1 fully saturated rings. The maximum atomic E-state index is 6.39. The molecule has 3 aromatic rings. The molecule has 1 aliphatic carbocycles. The summed E-state index contributed by atoms with van der Waals surface area (Å²) in [7, 11) is 0. The van der Waals surface area contributed by atoms with Crippen LogP contribution in [0.4, 0.5) is 5.69 Å². The number of rotatable bonds is 3.